The van der Waals surface area contributed by atoms with E-state index in [0.717, 1.165) is 31.6 Å². The number of aliphatic imine (C=N–C) groups is 1. The maximum Gasteiger partial charge on any atom is 0.248 e. The number of hydrogen-bond donors (Lipinski definition) is 2. The van der Waals surface area contributed by atoms with Crippen molar-refractivity contribution in [2.75, 3.05) is 24.5 Å². The fourth-order valence-corrected chi connectivity index (χ4v) is 2.48. The molecule has 0 bridgehead atoms. The summed E-state index contributed by atoms with van der Waals surface area (Å²) in [6, 6.07) is 8.42. The van der Waals surface area contributed by atoms with E-state index >= 15 is 0 Å². The summed E-state index contributed by atoms with van der Waals surface area (Å²) in [5.74, 6) is 0.754. The fraction of sp³-hybridized carbons (Fsp3) is 0.529. The molecule has 1 amide bonds. The van der Waals surface area contributed by atoms with Crippen molar-refractivity contribution in [3.63, 3.8) is 0 Å². The highest BCUT2D eigenvalue weighted by atomic mass is 127. The van der Waals surface area contributed by atoms with Crippen molar-refractivity contribution >= 4 is 41.5 Å². The number of nitrogens with zero attached hydrogens (tertiary/aromatic N) is 2. The highest BCUT2D eigenvalue weighted by Crippen LogP contribution is 2.27. The van der Waals surface area contributed by atoms with Gasteiger partial charge in [0.05, 0.1) is 0 Å². The number of nitrogens with one attached hydrogen (secondary N) is 2. The van der Waals surface area contributed by atoms with E-state index in [9.17, 15) is 4.79 Å². The second-order valence-electron chi connectivity index (χ2n) is 5.57. The van der Waals surface area contributed by atoms with Gasteiger partial charge in [0.1, 0.15) is 6.54 Å². The third-order valence-corrected chi connectivity index (χ3v) is 3.90. The molecule has 1 unspecified atom stereocenters. The van der Waals surface area contributed by atoms with Crippen LogP contribution in [0.5, 0.6) is 0 Å². The van der Waals surface area contributed by atoms with Crippen LogP contribution in [0.3, 0.4) is 0 Å². The van der Waals surface area contributed by atoms with Gasteiger partial charge in [-0.3, -0.25) is 4.79 Å². The number of carbonyl (C=O) groups is 1. The summed E-state index contributed by atoms with van der Waals surface area (Å²) in [6.45, 7) is 7.94. The third kappa shape index (κ3) is 5.37. The summed E-state index contributed by atoms with van der Waals surface area (Å²) in [6.07, 6.45) is 1.94. The Kier molecular flexibility index (Phi) is 8.36. The molecule has 0 radical (unpaired) electrons. The second kappa shape index (κ2) is 9.75. The predicted octanol–water partition coefficient (Wildman–Crippen LogP) is 2.55. The zero-order valence-electron chi connectivity index (χ0n) is 14.1. The van der Waals surface area contributed by atoms with Crippen LogP contribution < -0.4 is 15.5 Å². The minimum atomic E-state index is 0. The summed E-state index contributed by atoms with van der Waals surface area (Å²) in [4.78, 5) is 18.7. The Morgan fingerprint density at radius 1 is 1.35 bits per heavy atom. The number of anilines is 1. The number of rotatable bonds is 5. The van der Waals surface area contributed by atoms with Crippen molar-refractivity contribution in [2.24, 2.45) is 4.99 Å². The number of fused-ring (bicyclic) bond motifs is 1. The zero-order valence-corrected chi connectivity index (χ0v) is 16.5. The number of halogens is 1. The smallest absolute Gasteiger partial charge is 0.248 e. The van der Waals surface area contributed by atoms with E-state index in [2.05, 4.69) is 35.5 Å². The lowest BCUT2D eigenvalue weighted by Gasteiger charge is -2.18. The molecule has 1 aromatic rings. The fourth-order valence-electron chi connectivity index (χ4n) is 2.48. The van der Waals surface area contributed by atoms with E-state index in [1.165, 1.54) is 5.56 Å². The monoisotopic (exact) mass is 430 g/mol. The quantitative estimate of drug-likeness (QED) is 0.429. The zero-order chi connectivity index (χ0) is 15.9. The van der Waals surface area contributed by atoms with Gasteiger partial charge in [0.25, 0.3) is 0 Å². The number of para-hydroxylation sites is 1. The molecule has 128 valence electrons. The molecule has 2 N–H and O–H groups in total. The van der Waals surface area contributed by atoms with Crippen LogP contribution in [0.2, 0.25) is 0 Å². The Morgan fingerprint density at radius 2 is 2.09 bits per heavy atom. The van der Waals surface area contributed by atoms with Crippen LogP contribution >= 0.6 is 24.0 Å². The Bertz CT molecular complexity index is 547. The standard InChI is InChI=1S/C17H26N4O.HI/c1-4-13(3)20-17(18-5-2)19-12-16(22)21-11-10-14-8-6-7-9-15(14)21;/h6-9,13H,4-5,10-12H2,1-3H3,(H2,18,19,20);1H. The summed E-state index contributed by atoms with van der Waals surface area (Å²) < 4.78 is 0. The number of hydrogen-bond acceptors (Lipinski definition) is 2. The molecule has 1 aliphatic rings. The Hall–Kier alpha value is -1.31. The third-order valence-electron chi connectivity index (χ3n) is 3.90. The summed E-state index contributed by atoms with van der Waals surface area (Å²) >= 11 is 0. The van der Waals surface area contributed by atoms with Gasteiger partial charge in [-0.05, 0) is 38.3 Å². The van der Waals surface area contributed by atoms with Gasteiger partial charge in [-0.2, -0.15) is 0 Å². The van der Waals surface area contributed by atoms with Crippen molar-refractivity contribution in [1.82, 2.24) is 10.6 Å². The number of guanidine groups is 1. The van der Waals surface area contributed by atoms with Crippen LogP contribution in [0.4, 0.5) is 5.69 Å². The molecule has 1 heterocycles. The van der Waals surface area contributed by atoms with Crippen molar-refractivity contribution in [3.8, 4) is 0 Å². The largest absolute Gasteiger partial charge is 0.357 e. The number of amides is 1. The van der Waals surface area contributed by atoms with Crippen molar-refractivity contribution in [1.29, 1.82) is 0 Å². The van der Waals surface area contributed by atoms with E-state index in [1.807, 2.05) is 30.0 Å². The number of benzene rings is 1. The molecule has 2 rings (SSSR count). The van der Waals surface area contributed by atoms with Crippen LogP contribution in [0, 0.1) is 0 Å². The van der Waals surface area contributed by atoms with E-state index < -0.39 is 0 Å². The molecule has 0 saturated carbocycles. The van der Waals surface area contributed by atoms with Gasteiger partial charge < -0.3 is 15.5 Å². The summed E-state index contributed by atoms with van der Waals surface area (Å²) in [5.41, 5.74) is 2.27. The molecule has 5 nitrogen and oxygen atoms in total. The molecule has 0 aromatic heterocycles. The molecule has 0 saturated heterocycles. The molecule has 1 aliphatic heterocycles. The SMILES string of the molecule is CCNC(=NCC(=O)N1CCc2ccccc21)NC(C)CC.I. The lowest BCUT2D eigenvalue weighted by Crippen LogP contribution is -2.43. The van der Waals surface area contributed by atoms with Gasteiger partial charge in [-0.15, -0.1) is 24.0 Å². The first-order valence-electron chi connectivity index (χ1n) is 8.08. The van der Waals surface area contributed by atoms with Crippen LogP contribution in [-0.2, 0) is 11.2 Å². The lowest BCUT2D eigenvalue weighted by atomic mass is 10.2. The van der Waals surface area contributed by atoms with E-state index in [1.54, 1.807) is 0 Å². The molecular weight excluding hydrogens is 403 g/mol. The van der Waals surface area contributed by atoms with Crippen LogP contribution in [-0.4, -0.2) is 37.5 Å². The first-order chi connectivity index (χ1) is 10.7. The van der Waals surface area contributed by atoms with Crippen molar-refractivity contribution in [2.45, 2.75) is 39.7 Å². The lowest BCUT2D eigenvalue weighted by molar-refractivity contribution is -0.117. The molecular formula is C17H27IN4O. The summed E-state index contributed by atoms with van der Waals surface area (Å²) in [5, 5.41) is 6.48. The van der Waals surface area contributed by atoms with E-state index in [4.69, 9.17) is 0 Å². The minimum absolute atomic E-state index is 0. The molecule has 23 heavy (non-hydrogen) atoms. The maximum atomic E-state index is 12.4. The van der Waals surface area contributed by atoms with Gasteiger partial charge in [0, 0.05) is 24.8 Å². The van der Waals surface area contributed by atoms with Gasteiger partial charge in [0.2, 0.25) is 5.91 Å². The van der Waals surface area contributed by atoms with Gasteiger partial charge in [-0.25, -0.2) is 4.99 Å². The highest BCUT2D eigenvalue weighted by Gasteiger charge is 2.23. The first-order valence-corrected chi connectivity index (χ1v) is 8.08. The predicted molar refractivity (Wildman–Crippen MR) is 107 cm³/mol. The molecule has 6 heteroatoms. The van der Waals surface area contributed by atoms with Gasteiger partial charge in [0.15, 0.2) is 5.96 Å². The average Bonchev–Trinajstić information content (AvgIpc) is 2.96. The molecule has 1 atom stereocenters. The Labute approximate surface area is 156 Å². The average molecular weight is 430 g/mol. The van der Waals surface area contributed by atoms with Crippen LogP contribution in [0.1, 0.15) is 32.8 Å². The first kappa shape index (κ1) is 19.7. The molecule has 0 spiro atoms. The molecule has 1 aromatic carbocycles. The molecule has 0 fully saturated rings. The summed E-state index contributed by atoms with van der Waals surface area (Å²) in [7, 11) is 0. The van der Waals surface area contributed by atoms with Crippen molar-refractivity contribution < 1.29 is 4.79 Å². The topological polar surface area (TPSA) is 56.7 Å². The van der Waals surface area contributed by atoms with E-state index in [-0.39, 0.29) is 36.4 Å². The van der Waals surface area contributed by atoms with Crippen LogP contribution in [0.15, 0.2) is 29.3 Å². The Morgan fingerprint density at radius 3 is 2.78 bits per heavy atom. The van der Waals surface area contributed by atoms with Crippen molar-refractivity contribution in [3.05, 3.63) is 29.8 Å². The Balaban J connectivity index is 0.00000264. The number of carbonyl (C=O) groups excluding carboxylic acids is 1. The van der Waals surface area contributed by atoms with Crippen LogP contribution in [0.25, 0.3) is 0 Å². The molecule has 0 aliphatic carbocycles. The normalized spacial score (nSPS) is 14.7. The highest BCUT2D eigenvalue weighted by molar-refractivity contribution is 14.0. The van der Waals surface area contributed by atoms with E-state index in [0.29, 0.717) is 12.0 Å². The maximum absolute atomic E-state index is 12.4. The minimum Gasteiger partial charge on any atom is -0.357 e. The second-order valence-corrected chi connectivity index (χ2v) is 5.57. The van der Waals surface area contributed by atoms with Gasteiger partial charge in [-0.1, -0.05) is 25.1 Å². The van der Waals surface area contributed by atoms with Gasteiger partial charge >= 0.3 is 0 Å².